The first-order valence-corrected chi connectivity index (χ1v) is 4.01. The van der Waals surface area contributed by atoms with Crippen molar-refractivity contribution in [3.05, 3.63) is 41.2 Å². The first-order valence-electron chi connectivity index (χ1n) is 4.01. The molecule has 0 aliphatic rings. The van der Waals surface area contributed by atoms with Gasteiger partial charge in [0, 0.05) is 0 Å². The van der Waals surface area contributed by atoms with Crippen LogP contribution in [0.2, 0.25) is 0 Å². The molecule has 0 radical (unpaired) electrons. The van der Waals surface area contributed by atoms with Crippen LogP contribution in [0.25, 0.3) is 6.08 Å². The van der Waals surface area contributed by atoms with E-state index in [1.54, 1.807) is 13.4 Å². The highest BCUT2D eigenvalue weighted by Crippen LogP contribution is 2.14. The molecule has 1 aromatic rings. The van der Waals surface area contributed by atoms with Crippen molar-refractivity contribution in [2.24, 2.45) is 0 Å². The van der Waals surface area contributed by atoms with E-state index in [0.717, 1.165) is 0 Å². The van der Waals surface area contributed by atoms with Crippen LogP contribution in [0.3, 0.4) is 0 Å². The van der Waals surface area contributed by atoms with E-state index in [1.807, 2.05) is 6.08 Å². The third kappa shape index (κ3) is 1.88. The standard InChI is InChI=1S/C11H14O/c1-9-5-4-6-10(2)11(9)7-8-12-3/h4-8H,1-3H3. The van der Waals surface area contributed by atoms with Gasteiger partial charge >= 0.3 is 0 Å². The summed E-state index contributed by atoms with van der Waals surface area (Å²) in [5, 5.41) is 0. The normalized spacial score (nSPS) is 10.6. The summed E-state index contributed by atoms with van der Waals surface area (Å²) in [6.07, 6.45) is 3.69. The monoisotopic (exact) mass is 162 g/mol. The van der Waals surface area contributed by atoms with Crippen LogP contribution in [0.5, 0.6) is 0 Å². The molecule has 0 bridgehead atoms. The highest BCUT2D eigenvalue weighted by Gasteiger charge is 1.96. The van der Waals surface area contributed by atoms with Crippen LogP contribution < -0.4 is 0 Å². The second-order valence-corrected chi connectivity index (χ2v) is 2.84. The Hall–Kier alpha value is -1.24. The molecule has 1 nitrogen and oxygen atoms in total. The lowest BCUT2D eigenvalue weighted by Gasteiger charge is -2.03. The van der Waals surface area contributed by atoms with Crippen molar-refractivity contribution < 1.29 is 4.74 Å². The van der Waals surface area contributed by atoms with Crippen molar-refractivity contribution in [3.8, 4) is 0 Å². The fraction of sp³-hybridized carbons (Fsp3) is 0.273. The molecular formula is C11H14O. The molecule has 0 atom stereocenters. The lowest BCUT2D eigenvalue weighted by Crippen LogP contribution is -1.84. The Balaban J connectivity index is 3.04. The van der Waals surface area contributed by atoms with Gasteiger partial charge in [0.15, 0.2) is 0 Å². The van der Waals surface area contributed by atoms with Gasteiger partial charge in [0.25, 0.3) is 0 Å². The molecule has 64 valence electrons. The van der Waals surface area contributed by atoms with Crippen molar-refractivity contribution in [1.29, 1.82) is 0 Å². The second-order valence-electron chi connectivity index (χ2n) is 2.84. The Labute approximate surface area is 73.7 Å². The van der Waals surface area contributed by atoms with E-state index in [2.05, 4.69) is 32.0 Å². The fourth-order valence-corrected chi connectivity index (χ4v) is 1.23. The molecule has 0 aliphatic heterocycles. The number of ether oxygens (including phenoxy) is 1. The van der Waals surface area contributed by atoms with Crippen LogP contribution >= 0.6 is 0 Å². The fourth-order valence-electron chi connectivity index (χ4n) is 1.23. The zero-order valence-corrected chi connectivity index (χ0v) is 7.79. The zero-order valence-electron chi connectivity index (χ0n) is 7.79. The van der Waals surface area contributed by atoms with Gasteiger partial charge in [-0.1, -0.05) is 18.2 Å². The number of aryl methyl sites for hydroxylation is 2. The van der Waals surface area contributed by atoms with Gasteiger partial charge in [-0.15, -0.1) is 0 Å². The first kappa shape index (κ1) is 8.85. The van der Waals surface area contributed by atoms with E-state index < -0.39 is 0 Å². The Kier molecular flexibility index (Phi) is 2.92. The summed E-state index contributed by atoms with van der Waals surface area (Å²) in [6, 6.07) is 6.26. The van der Waals surface area contributed by atoms with E-state index in [9.17, 15) is 0 Å². The van der Waals surface area contributed by atoms with Crippen molar-refractivity contribution in [1.82, 2.24) is 0 Å². The van der Waals surface area contributed by atoms with Gasteiger partial charge in [-0.05, 0) is 36.6 Å². The predicted octanol–water partition coefficient (Wildman–Crippen LogP) is 2.92. The number of benzene rings is 1. The molecule has 0 spiro atoms. The van der Waals surface area contributed by atoms with E-state index in [-0.39, 0.29) is 0 Å². The molecule has 0 aliphatic carbocycles. The SMILES string of the molecule is COC=Cc1c(C)cccc1C. The maximum absolute atomic E-state index is 4.88. The lowest BCUT2D eigenvalue weighted by atomic mass is 10.0. The molecule has 0 saturated heterocycles. The van der Waals surface area contributed by atoms with Crippen LogP contribution in [0, 0.1) is 13.8 Å². The predicted molar refractivity (Wildman–Crippen MR) is 52.0 cm³/mol. The zero-order chi connectivity index (χ0) is 8.97. The summed E-state index contributed by atoms with van der Waals surface area (Å²) in [5.41, 5.74) is 3.81. The van der Waals surface area contributed by atoms with Gasteiger partial charge in [-0.25, -0.2) is 0 Å². The lowest BCUT2D eigenvalue weighted by molar-refractivity contribution is 0.341. The van der Waals surface area contributed by atoms with Crippen molar-refractivity contribution >= 4 is 6.08 Å². The molecule has 0 N–H and O–H groups in total. The highest BCUT2D eigenvalue weighted by molar-refractivity contribution is 5.56. The molecule has 0 fully saturated rings. The van der Waals surface area contributed by atoms with Gasteiger partial charge < -0.3 is 4.74 Å². The van der Waals surface area contributed by atoms with E-state index in [4.69, 9.17) is 4.74 Å². The summed E-state index contributed by atoms with van der Waals surface area (Å²) in [7, 11) is 1.66. The molecule has 1 heteroatoms. The second kappa shape index (κ2) is 3.96. The van der Waals surface area contributed by atoms with Crippen LogP contribution in [0.4, 0.5) is 0 Å². The highest BCUT2D eigenvalue weighted by atomic mass is 16.5. The maximum atomic E-state index is 4.88. The van der Waals surface area contributed by atoms with Crippen LogP contribution in [0.1, 0.15) is 16.7 Å². The minimum Gasteiger partial charge on any atom is -0.504 e. The Morgan fingerprint density at radius 2 is 1.75 bits per heavy atom. The number of methoxy groups -OCH3 is 1. The third-order valence-corrected chi connectivity index (χ3v) is 1.91. The molecule has 12 heavy (non-hydrogen) atoms. The molecular weight excluding hydrogens is 148 g/mol. The van der Waals surface area contributed by atoms with E-state index >= 15 is 0 Å². The number of hydrogen-bond donors (Lipinski definition) is 0. The summed E-state index contributed by atoms with van der Waals surface area (Å²) in [4.78, 5) is 0. The van der Waals surface area contributed by atoms with Crippen LogP contribution in [-0.2, 0) is 4.74 Å². The van der Waals surface area contributed by atoms with E-state index in [0.29, 0.717) is 0 Å². The Bertz CT molecular complexity index is 267. The quantitative estimate of drug-likeness (QED) is 0.607. The minimum absolute atomic E-state index is 1.25. The Morgan fingerprint density at radius 3 is 2.25 bits per heavy atom. The van der Waals surface area contributed by atoms with Gasteiger partial charge in [0.05, 0.1) is 13.4 Å². The summed E-state index contributed by atoms with van der Waals surface area (Å²) in [6.45, 7) is 4.20. The molecule has 0 heterocycles. The van der Waals surface area contributed by atoms with Gasteiger partial charge in [0.1, 0.15) is 0 Å². The largest absolute Gasteiger partial charge is 0.504 e. The summed E-state index contributed by atoms with van der Waals surface area (Å²) < 4.78 is 4.88. The molecule has 0 aromatic heterocycles. The third-order valence-electron chi connectivity index (χ3n) is 1.91. The summed E-state index contributed by atoms with van der Waals surface area (Å²) in [5.74, 6) is 0. The topological polar surface area (TPSA) is 9.23 Å². The van der Waals surface area contributed by atoms with Crippen molar-refractivity contribution in [3.63, 3.8) is 0 Å². The van der Waals surface area contributed by atoms with Gasteiger partial charge in [-0.3, -0.25) is 0 Å². The molecule has 1 aromatic carbocycles. The Morgan fingerprint density at radius 1 is 1.17 bits per heavy atom. The smallest absolute Gasteiger partial charge is 0.0830 e. The number of hydrogen-bond acceptors (Lipinski definition) is 1. The van der Waals surface area contributed by atoms with Gasteiger partial charge in [-0.2, -0.15) is 0 Å². The maximum Gasteiger partial charge on any atom is 0.0830 e. The van der Waals surface area contributed by atoms with Crippen LogP contribution in [0.15, 0.2) is 24.5 Å². The van der Waals surface area contributed by atoms with Crippen molar-refractivity contribution in [2.75, 3.05) is 7.11 Å². The average Bonchev–Trinajstić information content (AvgIpc) is 2.04. The van der Waals surface area contributed by atoms with Gasteiger partial charge in [0.2, 0.25) is 0 Å². The minimum atomic E-state index is 1.25. The molecule has 0 saturated carbocycles. The molecule has 0 amide bonds. The van der Waals surface area contributed by atoms with Crippen LogP contribution in [-0.4, -0.2) is 7.11 Å². The van der Waals surface area contributed by atoms with E-state index in [1.165, 1.54) is 16.7 Å². The molecule has 1 rings (SSSR count). The summed E-state index contributed by atoms with van der Waals surface area (Å²) >= 11 is 0. The van der Waals surface area contributed by atoms with Crippen molar-refractivity contribution in [2.45, 2.75) is 13.8 Å². The average molecular weight is 162 g/mol. The number of rotatable bonds is 2. The molecule has 0 unspecified atom stereocenters. The first-order chi connectivity index (χ1) is 5.75.